The smallest absolute Gasteiger partial charge is 0.416 e. The molecule has 2 heterocycles. The molecular weight excluding hydrogens is 581 g/mol. The zero-order valence-electron chi connectivity index (χ0n) is 25.3. The van der Waals surface area contributed by atoms with Crippen molar-refractivity contribution in [1.82, 2.24) is 21.0 Å². The lowest BCUT2D eigenvalue weighted by Crippen LogP contribution is -2.58. The van der Waals surface area contributed by atoms with Gasteiger partial charge in [0.1, 0.15) is 23.2 Å². The third-order valence-electron chi connectivity index (χ3n) is 8.01. The lowest BCUT2D eigenvalue weighted by atomic mass is 10.0. The van der Waals surface area contributed by atoms with Crippen LogP contribution in [0.1, 0.15) is 83.3 Å². The van der Waals surface area contributed by atoms with Gasteiger partial charge in [-0.05, 0) is 77.0 Å². The van der Waals surface area contributed by atoms with Crippen LogP contribution < -0.4 is 16.1 Å². The number of nitrogens with one attached hydrogen (secondary N) is 3. The summed E-state index contributed by atoms with van der Waals surface area (Å²) >= 11 is 0. The van der Waals surface area contributed by atoms with Crippen LogP contribution in [-0.2, 0) is 36.7 Å². The molecule has 1 saturated carbocycles. The second-order valence-corrected chi connectivity index (χ2v) is 12.6. The van der Waals surface area contributed by atoms with Crippen molar-refractivity contribution >= 4 is 23.8 Å². The van der Waals surface area contributed by atoms with Crippen LogP contribution in [-0.4, -0.2) is 58.5 Å². The van der Waals surface area contributed by atoms with Crippen LogP contribution in [0.3, 0.4) is 0 Å². The fourth-order valence-corrected chi connectivity index (χ4v) is 5.61. The Hall–Kier alpha value is -3.61. The highest BCUT2D eigenvalue weighted by Gasteiger charge is 2.61. The summed E-state index contributed by atoms with van der Waals surface area (Å²) in [6, 6.07) is 2.71. The zero-order valence-corrected chi connectivity index (χ0v) is 25.3. The Balaban J connectivity index is 1.45. The molecule has 44 heavy (non-hydrogen) atoms. The summed E-state index contributed by atoms with van der Waals surface area (Å²) in [6.07, 6.45) is 3.51. The Bertz CT molecular complexity index is 1250. The van der Waals surface area contributed by atoms with Gasteiger partial charge in [-0.25, -0.2) is 10.3 Å². The molecule has 3 aliphatic rings. The zero-order chi connectivity index (χ0) is 32.1. The van der Waals surface area contributed by atoms with Crippen molar-refractivity contribution < 1.29 is 41.9 Å². The molecule has 4 atom stereocenters. The number of amides is 4. The fraction of sp³-hybridized carbons (Fsp3) is 0.613. The van der Waals surface area contributed by atoms with E-state index in [-0.39, 0.29) is 18.4 Å². The third kappa shape index (κ3) is 8.52. The number of rotatable bonds is 5. The van der Waals surface area contributed by atoms with E-state index in [9.17, 15) is 32.3 Å². The molecular formula is C31H41F3N4O6. The van der Waals surface area contributed by atoms with Crippen LogP contribution in [0.2, 0.25) is 0 Å². The van der Waals surface area contributed by atoms with Gasteiger partial charge < -0.3 is 20.3 Å². The van der Waals surface area contributed by atoms with E-state index < -0.39 is 52.9 Å². The highest BCUT2D eigenvalue weighted by Crippen LogP contribution is 2.45. The molecule has 4 unspecified atom stereocenters. The first kappa shape index (κ1) is 33.3. The number of halogens is 3. The highest BCUT2D eigenvalue weighted by atomic mass is 19.4. The van der Waals surface area contributed by atoms with Crippen molar-refractivity contribution in [2.45, 2.75) is 108 Å². The molecule has 2 aliphatic heterocycles. The number of carbonyl (C=O) groups excluding carboxylic acids is 4. The molecule has 4 rings (SSSR count). The predicted molar refractivity (Wildman–Crippen MR) is 153 cm³/mol. The van der Waals surface area contributed by atoms with E-state index in [1.165, 1.54) is 17.0 Å². The number of carbonyl (C=O) groups is 4. The van der Waals surface area contributed by atoms with Gasteiger partial charge in [0.25, 0.3) is 5.91 Å². The van der Waals surface area contributed by atoms with Crippen LogP contribution >= 0.6 is 0 Å². The minimum absolute atomic E-state index is 0.175. The Kier molecular flexibility index (Phi) is 10.3. The molecule has 13 heteroatoms. The number of benzene rings is 1. The maximum atomic E-state index is 13.7. The van der Waals surface area contributed by atoms with E-state index in [1.54, 1.807) is 20.8 Å². The summed E-state index contributed by atoms with van der Waals surface area (Å²) in [5, 5.41) is 5.58. The second kappa shape index (κ2) is 13.6. The summed E-state index contributed by atoms with van der Waals surface area (Å²) in [4.78, 5) is 60.0. The molecule has 1 aliphatic carbocycles. The van der Waals surface area contributed by atoms with Crippen LogP contribution in [0, 0.1) is 5.92 Å². The molecule has 10 nitrogen and oxygen atoms in total. The molecule has 1 aromatic carbocycles. The highest BCUT2D eigenvalue weighted by molar-refractivity contribution is 5.98. The van der Waals surface area contributed by atoms with Gasteiger partial charge in [0.05, 0.1) is 12.2 Å². The molecule has 2 fully saturated rings. The lowest BCUT2D eigenvalue weighted by molar-refractivity contribution is -0.144. The summed E-state index contributed by atoms with van der Waals surface area (Å²) < 4.78 is 43.9. The minimum atomic E-state index is -4.46. The normalized spacial score (nSPS) is 26.4. The monoisotopic (exact) mass is 622 g/mol. The molecule has 0 spiro atoms. The van der Waals surface area contributed by atoms with E-state index in [0.717, 1.165) is 31.4 Å². The Labute approximate surface area is 255 Å². The SMILES string of the molecule is CC(C)(C)OC(=O)NC1CCCCCC=CC2CC2(C(=O)NOCc2ccc(C(F)(F)F)cc2)NC(=O)C2CCCN2C1=O. The lowest BCUT2D eigenvalue weighted by Gasteiger charge is -2.30. The number of allylic oxidation sites excluding steroid dienone is 1. The van der Waals surface area contributed by atoms with Crippen LogP contribution in [0.5, 0.6) is 0 Å². The number of alkyl halides is 3. The van der Waals surface area contributed by atoms with Crippen LogP contribution in [0.15, 0.2) is 36.4 Å². The number of nitrogens with zero attached hydrogens (tertiary/aromatic N) is 1. The van der Waals surface area contributed by atoms with Crippen molar-refractivity contribution in [2.75, 3.05) is 6.54 Å². The molecule has 0 radical (unpaired) electrons. The first-order valence-corrected chi connectivity index (χ1v) is 15.1. The number of alkyl carbamates (subject to hydrolysis) is 1. The average molecular weight is 623 g/mol. The van der Waals surface area contributed by atoms with E-state index in [1.807, 2.05) is 12.2 Å². The minimum Gasteiger partial charge on any atom is -0.444 e. The van der Waals surface area contributed by atoms with Gasteiger partial charge in [0.2, 0.25) is 11.8 Å². The maximum Gasteiger partial charge on any atom is 0.416 e. The number of hydroxylamine groups is 1. The van der Waals surface area contributed by atoms with Gasteiger partial charge in [-0.3, -0.25) is 19.2 Å². The van der Waals surface area contributed by atoms with Gasteiger partial charge in [-0.15, -0.1) is 0 Å². The largest absolute Gasteiger partial charge is 0.444 e. The van der Waals surface area contributed by atoms with Gasteiger partial charge in [-0.1, -0.05) is 37.1 Å². The first-order valence-electron chi connectivity index (χ1n) is 15.1. The number of hydrogen-bond acceptors (Lipinski definition) is 6. The molecule has 1 aromatic rings. The second-order valence-electron chi connectivity index (χ2n) is 12.6. The van der Waals surface area contributed by atoms with E-state index in [0.29, 0.717) is 44.2 Å². The Morgan fingerprint density at radius 1 is 1.05 bits per heavy atom. The number of ether oxygens (including phenoxy) is 1. The molecule has 242 valence electrons. The van der Waals surface area contributed by atoms with E-state index in [2.05, 4.69) is 16.1 Å². The fourth-order valence-electron chi connectivity index (χ4n) is 5.61. The maximum absolute atomic E-state index is 13.7. The Morgan fingerprint density at radius 2 is 1.77 bits per heavy atom. The van der Waals surface area contributed by atoms with Crippen LogP contribution in [0.25, 0.3) is 0 Å². The van der Waals surface area contributed by atoms with Crippen molar-refractivity contribution in [2.24, 2.45) is 5.92 Å². The summed E-state index contributed by atoms with van der Waals surface area (Å²) in [5.41, 5.74) is -0.0492. The topological polar surface area (TPSA) is 126 Å². The molecule has 4 amide bonds. The van der Waals surface area contributed by atoms with Crippen molar-refractivity contribution in [3.63, 3.8) is 0 Å². The van der Waals surface area contributed by atoms with Crippen molar-refractivity contribution in [1.29, 1.82) is 0 Å². The number of hydrogen-bond donors (Lipinski definition) is 3. The summed E-state index contributed by atoms with van der Waals surface area (Å²) in [5.74, 6) is -1.72. The molecule has 0 bridgehead atoms. The number of fused-ring (bicyclic) bond motifs is 2. The first-order chi connectivity index (χ1) is 20.7. The molecule has 0 aromatic heterocycles. The predicted octanol–water partition coefficient (Wildman–Crippen LogP) is 4.53. The standard InChI is InChI=1S/C31H41F3N4O6/c1-29(2,3)44-28(42)35-23-11-8-6-4-5-7-10-22-18-30(22,36-25(39)24-12-9-17-38(24)26(23)40)27(41)37-43-19-20-13-15-21(16-14-20)31(32,33)34/h7,10,13-16,22-24H,4-6,8-9,11-12,17-19H2,1-3H3,(H,35,42)(H,36,39)(H,37,41). The van der Waals surface area contributed by atoms with Gasteiger partial charge in [0, 0.05) is 12.5 Å². The van der Waals surface area contributed by atoms with Gasteiger partial charge in [0.15, 0.2) is 0 Å². The average Bonchev–Trinajstić information content (AvgIpc) is 3.39. The van der Waals surface area contributed by atoms with E-state index >= 15 is 0 Å². The quantitative estimate of drug-likeness (QED) is 0.327. The van der Waals surface area contributed by atoms with Gasteiger partial charge >= 0.3 is 12.3 Å². The summed E-state index contributed by atoms with van der Waals surface area (Å²) in [6.45, 7) is 5.36. The molecule has 3 N–H and O–H groups in total. The molecule has 1 saturated heterocycles. The van der Waals surface area contributed by atoms with Gasteiger partial charge in [-0.2, -0.15) is 13.2 Å². The van der Waals surface area contributed by atoms with Crippen LogP contribution in [0.4, 0.5) is 18.0 Å². The summed E-state index contributed by atoms with van der Waals surface area (Å²) in [7, 11) is 0. The third-order valence-corrected chi connectivity index (χ3v) is 8.01. The Morgan fingerprint density at radius 3 is 2.45 bits per heavy atom. The van der Waals surface area contributed by atoms with Crippen molar-refractivity contribution in [3.8, 4) is 0 Å². The van der Waals surface area contributed by atoms with Crippen molar-refractivity contribution in [3.05, 3.63) is 47.5 Å². The van der Waals surface area contributed by atoms with E-state index in [4.69, 9.17) is 9.57 Å².